The molecule has 0 fully saturated rings. The maximum absolute atomic E-state index is 11.4. The largest absolute Gasteiger partial charge is 1.00 e. The van der Waals surface area contributed by atoms with Crippen LogP contribution in [0.2, 0.25) is 0 Å². The van der Waals surface area contributed by atoms with E-state index in [2.05, 4.69) is 37.9 Å². The number of nitriles is 2. The van der Waals surface area contributed by atoms with Crippen molar-refractivity contribution in [2.45, 2.75) is 60.5 Å². The molecule has 4 aromatic carbocycles. The first-order valence-corrected chi connectivity index (χ1v) is 18.6. The quantitative estimate of drug-likeness (QED) is 0.0377. The molecule has 0 aliphatic heterocycles. The summed E-state index contributed by atoms with van der Waals surface area (Å²) in [6.07, 6.45) is 0. The molecule has 0 spiro atoms. The number of rotatable bonds is 11. The predicted molar refractivity (Wildman–Crippen MR) is 232 cm³/mol. The van der Waals surface area contributed by atoms with Crippen LogP contribution in [0.5, 0.6) is 0 Å². The number of hydrogen-bond acceptors (Lipinski definition) is 9. The molecule has 11 nitrogen and oxygen atoms in total. The SMILES string of the molecule is CC(=O)/C(C#N)=C(\O)c1ccc(-c2ccc(/C(O)=C(\C#N)C(C)=O)cc2)cc1.CC(C)[N-]C(C)C.O=C(Cl)c1ccc(-c2ccc(C(=O)Cl)cc2)cc1.[C-]#[N+]CC(C)=O.[Li+]. The summed E-state index contributed by atoms with van der Waals surface area (Å²) in [6.45, 7) is 18.4. The molecule has 0 saturated carbocycles. The van der Waals surface area contributed by atoms with E-state index in [4.69, 9.17) is 40.3 Å². The molecule has 0 unspecified atom stereocenters. The zero-order chi connectivity index (χ0) is 44.8. The van der Waals surface area contributed by atoms with Crippen LogP contribution in [-0.4, -0.2) is 56.7 Å². The second kappa shape index (κ2) is 27.6. The van der Waals surface area contributed by atoms with Gasteiger partial charge in [0.2, 0.25) is 5.78 Å². The molecule has 2 N–H and O–H groups in total. The number of aliphatic hydroxyl groups is 2. The maximum Gasteiger partial charge on any atom is 1.00 e. The van der Waals surface area contributed by atoms with E-state index in [-0.39, 0.29) is 53.9 Å². The second-order valence-corrected chi connectivity index (χ2v) is 13.7. The van der Waals surface area contributed by atoms with Crippen LogP contribution < -0.4 is 18.9 Å². The molecule has 0 amide bonds. The molecule has 0 aromatic heterocycles. The fourth-order valence-corrected chi connectivity index (χ4v) is 5.07. The van der Waals surface area contributed by atoms with E-state index in [1.165, 1.54) is 20.8 Å². The Hall–Kier alpha value is -6.08. The third-order valence-corrected chi connectivity index (χ3v) is 7.94. The first kappa shape index (κ1) is 53.9. The molecule has 0 bridgehead atoms. The zero-order valence-corrected chi connectivity index (χ0v) is 36.1. The molecular formula is C46H43Cl2LiN4O7. The molecule has 0 aliphatic rings. The Labute approximate surface area is 373 Å². The normalized spacial score (nSPS) is 10.7. The molecule has 0 heterocycles. The van der Waals surface area contributed by atoms with Crippen LogP contribution in [0, 0.1) is 29.2 Å². The summed E-state index contributed by atoms with van der Waals surface area (Å²) < 4.78 is 0. The molecule has 4 aromatic rings. The fraction of sp³-hybridized carbons (Fsp3) is 0.217. The molecule has 0 aliphatic carbocycles. The van der Waals surface area contributed by atoms with Gasteiger partial charge in [-0.2, -0.15) is 10.5 Å². The topological polar surface area (TPSA) is 192 Å². The van der Waals surface area contributed by atoms with Crippen LogP contribution in [0.4, 0.5) is 0 Å². The van der Waals surface area contributed by atoms with Crippen molar-refractivity contribution >= 4 is 62.6 Å². The minimum absolute atomic E-state index is 0. The van der Waals surface area contributed by atoms with Crippen molar-refractivity contribution in [1.29, 1.82) is 10.5 Å². The second-order valence-electron chi connectivity index (χ2n) is 13.0. The molecule has 14 heteroatoms. The van der Waals surface area contributed by atoms with Gasteiger partial charge < -0.3 is 20.4 Å². The summed E-state index contributed by atoms with van der Waals surface area (Å²) >= 11 is 10.7. The van der Waals surface area contributed by atoms with Crippen LogP contribution in [0.3, 0.4) is 0 Å². The molecule has 60 heavy (non-hydrogen) atoms. The minimum Gasteiger partial charge on any atom is -0.658 e. The van der Waals surface area contributed by atoms with E-state index in [1.807, 2.05) is 0 Å². The minimum atomic E-state index is -0.519. The number of hydrogen-bond donors (Lipinski definition) is 2. The van der Waals surface area contributed by atoms with E-state index in [9.17, 15) is 34.2 Å². The Balaban J connectivity index is 0.000000923. The van der Waals surface area contributed by atoms with Gasteiger partial charge in [0.1, 0.15) is 34.8 Å². The van der Waals surface area contributed by atoms with E-state index in [0.717, 1.165) is 22.3 Å². The van der Waals surface area contributed by atoms with Crippen molar-refractivity contribution in [2.75, 3.05) is 6.54 Å². The monoisotopic (exact) mass is 840 g/mol. The molecule has 304 valence electrons. The average molecular weight is 842 g/mol. The number of Topliss-reactive ketones (excluding diaryl/α,β-unsaturated/α-hetero) is 3. The average Bonchev–Trinajstić information content (AvgIpc) is 3.18. The van der Waals surface area contributed by atoms with Crippen LogP contribution in [-0.2, 0) is 14.4 Å². The van der Waals surface area contributed by atoms with Gasteiger partial charge in [0.25, 0.3) is 17.0 Å². The first-order chi connectivity index (χ1) is 27.8. The number of benzene rings is 4. The van der Waals surface area contributed by atoms with Crippen molar-refractivity contribution in [2.24, 2.45) is 0 Å². The van der Waals surface area contributed by atoms with E-state index in [0.29, 0.717) is 34.3 Å². The summed E-state index contributed by atoms with van der Waals surface area (Å²) in [5.74, 6) is -1.85. The zero-order valence-electron chi connectivity index (χ0n) is 34.6. The predicted octanol–water partition coefficient (Wildman–Crippen LogP) is 7.90. The third-order valence-electron chi connectivity index (χ3n) is 7.51. The van der Waals surface area contributed by atoms with E-state index >= 15 is 0 Å². The van der Waals surface area contributed by atoms with Crippen molar-refractivity contribution in [3.8, 4) is 34.4 Å². The van der Waals surface area contributed by atoms with Gasteiger partial charge in [-0.15, -0.1) is 12.1 Å². The smallest absolute Gasteiger partial charge is 0.658 e. The van der Waals surface area contributed by atoms with Crippen molar-refractivity contribution in [1.82, 2.24) is 0 Å². The summed E-state index contributed by atoms with van der Waals surface area (Å²) in [5.41, 5.74) is 4.42. The number of halogens is 2. The Morgan fingerprint density at radius 2 is 0.833 bits per heavy atom. The number of ketones is 3. The Kier molecular flexibility index (Phi) is 24.8. The third kappa shape index (κ3) is 18.7. The number of carbonyl (C=O) groups is 5. The van der Waals surface area contributed by atoms with Gasteiger partial charge >= 0.3 is 18.9 Å². The van der Waals surface area contributed by atoms with Crippen molar-refractivity contribution in [3.05, 3.63) is 147 Å². The summed E-state index contributed by atoms with van der Waals surface area (Å²) in [6, 6.07) is 31.4. The summed E-state index contributed by atoms with van der Waals surface area (Å²) in [4.78, 5) is 57.3. The van der Waals surface area contributed by atoms with Crippen LogP contribution in [0.1, 0.15) is 80.3 Å². The number of aliphatic hydroxyl groups excluding tert-OH is 2. The number of carbonyl (C=O) groups excluding carboxylic acids is 5. The van der Waals surface area contributed by atoms with Crippen LogP contribution in [0.15, 0.2) is 108 Å². The van der Waals surface area contributed by atoms with Gasteiger partial charge in [0.05, 0.1) is 0 Å². The van der Waals surface area contributed by atoms with Gasteiger partial charge in [-0.25, -0.2) is 6.57 Å². The van der Waals surface area contributed by atoms with Gasteiger partial charge in [-0.05, 0) is 69.7 Å². The number of nitrogens with zero attached hydrogens (tertiary/aromatic N) is 4. The van der Waals surface area contributed by atoms with Gasteiger partial charge in [-0.3, -0.25) is 24.0 Å². The fourth-order valence-electron chi connectivity index (χ4n) is 4.82. The standard InChI is InChI=1S/C22H16N2O4.C14H8Cl2O2.C6H14N.C4H5NO.Li/c1-13(25)19(11-23)21(27)17-7-3-15(4-8-17)16-5-9-18(10-6-16)22(28)20(12-24)14(2)26;15-13(17)11-5-1-9(2-6-11)10-3-7-12(8-4-10)14(16)18;1-5(2)7-6(3)4;1-4(6)3-5-2;/h3-10,27-28H,1-2H3;1-8H;5-6H,1-4H3;3H2,1H3;/q;;-1;;+1/b21-19-,22-20-;;;;. The molecule has 0 saturated heterocycles. The van der Waals surface area contributed by atoms with E-state index < -0.39 is 22.1 Å². The Morgan fingerprint density at radius 1 is 0.583 bits per heavy atom. The Bertz CT molecular complexity index is 2150. The molecule has 4 rings (SSSR count). The molecule has 0 atom stereocenters. The van der Waals surface area contributed by atoms with Crippen LogP contribution in [0.25, 0.3) is 43.9 Å². The van der Waals surface area contributed by atoms with Gasteiger partial charge in [-0.1, -0.05) is 100 Å². The molecule has 0 radical (unpaired) electrons. The van der Waals surface area contributed by atoms with Crippen LogP contribution >= 0.6 is 23.2 Å². The maximum atomic E-state index is 11.4. The first-order valence-electron chi connectivity index (χ1n) is 17.8. The summed E-state index contributed by atoms with van der Waals surface area (Å²) in [5, 5.41) is 41.4. The van der Waals surface area contributed by atoms with E-state index in [1.54, 1.807) is 109 Å². The van der Waals surface area contributed by atoms with Gasteiger partial charge in [0.15, 0.2) is 11.6 Å². The Morgan fingerprint density at radius 3 is 0.967 bits per heavy atom. The molecular weight excluding hydrogens is 798 g/mol. The van der Waals surface area contributed by atoms with Crippen molar-refractivity contribution in [3.63, 3.8) is 0 Å². The van der Waals surface area contributed by atoms with Gasteiger partial charge in [0, 0.05) is 43.0 Å². The number of allylic oxidation sites excluding steroid dienone is 2. The van der Waals surface area contributed by atoms with Crippen molar-refractivity contribution < 1.29 is 53.0 Å². The summed E-state index contributed by atoms with van der Waals surface area (Å²) in [7, 11) is 0.